The maximum absolute atomic E-state index is 14.1. The number of esters is 1. The zero-order chi connectivity index (χ0) is 42.1. The van der Waals surface area contributed by atoms with Gasteiger partial charge in [0.2, 0.25) is 29.5 Å². The van der Waals surface area contributed by atoms with Gasteiger partial charge in [-0.15, -0.1) is 0 Å². The van der Waals surface area contributed by atoms with Crippen molar-refractivity contribution in [3.8, 4) is 0 Å². The second-order valence-electron chi connectivity index (χ2n) is 15.3. The van der Waals surface area contributed by atoms with Crippen LogP contribution in [0.5, 0.6) is 0 Å². The smallest absolute Gasteiger partial charge is 0.325 e. The zero-order valence-corrected chi connectivity index (χ0v) is 34.8. The molecule has 0 fully saturated rings. The predicted molar refractivity (Wildman–Crippen MR) is 213 cm³/mol. The molecule has 16 nitrogen and oxygen atoms in total. The lowest BCUT2D eigenvalue weighted by Crippen LogP contribution is -2.59. The van der Waals surface area contributed by atoms with Gasteiger partial charge in [0.05, 0.1) is 12.5 Å². The first-order chi connectivity index (χ1) is 25.9. The summed E-state index contributed by atoms with van der Waals surface area (Å²) in [4.78, 5) is 80.0. The number of hydrogen-bond acceptors (Lipinski definition) is 9. The van der Waals surface area contributed by atoms with Crippen molar-refractivity contribution in [2.75, 3.05) is 26.7 Å². The summed E-state index contributed by atoms with van der Waals surface area (Å²) in [5.41, 5.74) is 10.6. The van der Waals surface area contributed by atoms with Crippen LogP contribution in [-0.4, -0.2) is 102 Å². The van der Waals surface area contributed by atoms with Crippen LogP contribution < -0.4 is 32.7 Å². The summed E-state index contributed by atoms with van der Waals surface area (Å²) < 4.78 is 5.87. The van der Waals surface area contributed by atoms with Gasteiger partial charge in [-0.05, 0) is 43.9 Å². The van der Waals surface area contributed by atoms with E-state index < -0.39 is 72.3 Å². The van der Waals surface area contributed by atoms with Gasteiger partial charge in [-0.25, -0.2) is 0 Å². The molecule has 0 bridgehead atoms. The molecule has 0 aliphatic heterocycles. The molecule has 0 aliphatic rings. The highest BCUT2D eigenvalue weighted by Crippen LogP contribution is 2.22. The van der Waals surface area contributed by atoms with Crippen molar-refractivity contribution in [3.63, 3.8) is 0 Å². The normalized spacial score (nSPS) is 15.0. The minimum Gasteiger partial charge on any atom is -0.460 e. The van der Waals surface area contributed by atoms with E-state index in [1.807, 2.05) is 20.8 Å². The lowest BCUT2D eigenvalue weighted by atomic mass is 9.94. The summed E-state index contributed by atoms with van der Waals surface area (Å²) in [6.07, 6.45) is 9.94. The maximum atomic E-state index is 14.1. The molecule has 10 N–H and O–H groups in total. The van der Waals surface area contributed by atoms with Crippen LogP contribution in [0.2, 0.25) is 0 Å². The molecule has 0 spiro atoms. The third kappa shape index (κ3) is 21.1. The highest BCUT2D eigenvalue weighted by atomic mass is 16.5. The van der Waals surface area contributed by atoms with Gasteiger partial charge in [-0.3, -0.25) is 34.2 Å². The Morgan fingerprint density at radius 1 is 0.782 bits per heavy atom. The van der Waals surface area contributed by atoms with Gasteiger partial charge < -0.3 is 47.5 Å². The van der Waals surface area contributed by atoms with Crippen molar-refractivity contribution in [2.45, 2.75) is 156 Å². The molecule has 0 saturated heterocycles. The van der Waals surface area contributed by atoms with Crippen LogP contribution >= 0.6 is 0 Å². The minimum atomic E-state index is -1.33. The monoisotopic (exact) mass is 783 g/mol. The molecule has 318 valence electrons. The summed E-state index contributed by atoms with van der Waals surface area (Å²) >= 11 is 0. The van der Waals surface area contributed by atoms with Crippen LogP contribution in [0, 0.1) is 29.1 Å². The van der Waals surface area contributed by atoms with Gasteiger partial charge in [-0.2, -0.15) is 0 Å². The van der Waals surface area contributed by atoms with Crippen LogP contribution in [0.15, 0.2) is 0 Å². The number of carbonyl (C=O) groups excluding carboxylic acids is 6. The van der Waals surface area contributed by atoms with Crippen LogP contribution in [0.3, 0.4) is 0 Å². The Labute approximate surface area is 329 Å². The second kappa shape index (κ2) is 28.5. The van der Waals surface area contributed by atoms with Gasteiger partial charge in [-0.1, -0.05) is 99.8 Å². The highest BCUT2D eigenvalue weighted by molar-refractivity contribution is 5.94. The zero-order valence-electron chi connectivity index (χ0n) is 34.8. The molecule has 0 unspecified atom stereocenters. The number of hydrogen-bond donors (Lipinski definition) is 8. The standard InChI is InChI=1S/C39H74N8O8/c1-9-11-12-13-14-15-16-17-20-31(55-32(49)23-44-35(51)27(6)19-18-21-43-39(41)42)28(7)38(54)47(8)30(22-25(3)4)36(52)46-33(26(5)10-2)37(53)45-29(24-48)34(40)50/h25-31,33,48H,9-24H2,1-8H3,(H2,40,50)(H,44,51)(H,45,53)(H,46,52)(H4,41,42,43)/t26-,27-,28+,29-,30-,31+,33-/m0/s1. The van der Waals surface area contributed by atoms with E-state index in [0.717, 1.165) is 25.7 Å². The van der Waals surface area contributed by atoms with Gasteiger partial charge in [0.15, 0.2) is 5.96 Å². The molecule has 0 aromatic carbocycles. The number of guanidine groups is 1. The van der Waals surface area contributed by atoms with Gasteiger partial charge in [0.1, 0.15) is 30.8 Å². The lowest BCUT2D eigenvalue weighted by molar-refractivity contribution is -0.157. The van der Waals surface area contributed by atoms with Crippen molar-refractivity contribution >= 4 is 41.5 Å². The van der Waals surface area contributed by atoms with Crippen molar-refractivity contribution < 1.29 is 38.6 Å². The molecule has 7 atom stereocenters. The molecule has 16 heteroatoms. The number of aliphatic hydroxyl groups is 1. The van der Waals surface area contributed by atoms with Gasteiger partial charge in [0, 0.05) is 19.5 Å². The lowest BCUT2D eigenvalue weighted by Gasteiger charge is -2.34. The Balaban J connectivity index is 5.98. The van der Waals surface area contributed by atoms with E-state index in [-0.39, 0.29) is 36.7 Å². The first kappa shape index (κ1) is 51.0. The van der Waals surface area contributed by atoms with Crippen LogP contribution in [0.1, 0.15) is 132 Å². The molecule has 0 radical (unpaired) electrons. The Hall–Kier alpha value is -3.95. The highest BCUT2D eigenvalue weighted by Gasteiger charge is 2.37. The maximum Gasteiger partial charge on any atom is 0.325 e. The van der Waals surface area contributed by atoms with E-state index in [0.29, 0.717) is 38.6 Å². The average Bonchev–Trinajstić information content (AvgIpc) is 3.14. The Morgan fingerprint density at radius 3 is 1.91 bits per heavy atom. The van der Waals surface area contributed by atoms with Crippen LogP contribution in [-0.2, 0) is 33.5 Å². The fraction of sp³-hybridized carbons (Fsp3) is 0.821. The van der Waals surface area contributed by atoms with Gasteiger partial charge >= 0.3 is 5.97 Å². The first-order valence-corrected chi connectivity index (χ1v) is 20.2. The topological polar surface area (TPSA) is 259 Å². The number of nitrogens with zero attached hydrogens (tertiary/aromatic N) is 1. The number of primary amides is 1. The number of nitrogens with one attached hydrogen (secondary N) is 5. The van der Waals surface area contributed by atoms with Crippen molar-refractivity contribution in [2.24, 2.45) is 35.1 Å². The Kier molecular flexibility index (Phi) is 26.4. The minimum absolute atomic E-state index is 0.0202. The summed E-state index contributed by atoms with van der Waals surface area (Å²) in [5, 5.41) is 27.2. The fourth-order valence-corrected chi connectivity index (χ4v) is 6.14. The molecule has 0 aromatic heterocycles. The SMILES string of the molecule is CCCCCCCCCC[C@@H](OC(=O)CNC(=O)[C@@H](C)CCCNC(=N)N)[C@@H](C)C(=O)N(C)[C@@H](CC(C)C)C(=O)N[C@H](C(=O)N[C@@H](CO)C(N)=O)[C@@H](C)CC. The Morgan fingerprint density at radius 2 is 1.38 bits per heavy atom. The second-order valence-corrected chi connectivity index (χ2v) is 15.3. The average molecular weight is 783 g/mol. The number of rotatable bonds is 30. The number of nitrogens with two attached hydrogens (primary N) is 2. The summed E-state index contributed by atoms with van der Waals surface area (Å²) in [7, 11) is 1.52. The molecule has 0 saturated carbocycles. The number of amides is 5. The quantitative estimate of drug-likeness (QED) is 0.0228. The largest absolute Gasteiger partial charge is 0.460 e. The van der Waals surface area contributed by atoms with Crippen molar-refractivity contribution in [1.82, 2.24) is 26.2 Å². The van der Waals surface area contributed by atoms with E-state index in [1.54, 1.807) is 20.8 Å². The number of carbonyl (C=O) groups is 6. The summed E-state index contributed by atoms with van der Waals surface area (Å²) in [6.45, 7) is 12.4. The van der Waals surface area contributed by atoms with Crippen molar-refractivity contribution in [3.05, 3.63) is 0 Å². The number of likely N-dealkylation sites (N-methyl/N-ethyl adjacent to an activating group) is 1. The van der Waals surface area contributed by atoms with Crippen LogP contribution in [0.4, 0.5) is 0 Å². The Bertz CT molecular complexity index is 1200. The third-order valence-electron chi connectivity index (χ3n) is 10.0. The number of aliphatic hydroxyl groups excluding tert-OH is 1. The van der Waals surface area contributed by atoms with Crippen molar-refractivity contribution in [1.29, 1.82) is 5.41 Å². The molecule has 0 aliphatic carbocycles. The summed E-state index contributed by atoms with van der Waals surface area (Å²) in [6, 6.07) is -3.39. The van der Waals surface area contributed by atoms with E-state index in [1.165, 1.54) is 31.2 Å². The number of ether oxygens (including phenoxy) is 1. The van der Waals surface area contributed by atoms with Crippen LogP contribution in [0.25, 0.3) is 0 Å². The molecule has 5 amide bonds. The predicted octanol–water partition coefficient (Wildman–Crippen LogP) is 2.45. The molecule has 0 rings (SSSR count). The molecular weight excluding hydrogens is 708 g/mol. The third-order valence-corrected chi connectivity index (χ3v) is 10.0. The molecular formula is C39H74N8O8. The fourth-order valence-electron chi connectivity index (χ4n) is 6.14. The van der Waals surface area contributed by atoms with E-state index >= 15 is 0 Å². The molecule has 55 heavy (non-hydrogen) atoms. The molecule has 0 heterocycles. The van der Waals surface area contributed by atoms with Gasteiger partial charge in [0.25, 0.3) is 0 Å². The van der Waals surface area contributed by atoms with E-state index in [2.05, 4.69) is 28.2 Å². The van der Waals surface area contributed by atoms with E-state index in [4.69, 9.17) is 21.6 Å². The van der Waals surface area contributed by atoms with E-state index in [9.17, 15) is 33.9 Å². The first-order valence-electron chi connectivity index (χ1n) is 20.2. The molecule has 0 aromatic rings. The summed E-state index contributed by atoms with van der Waals surface area (Å²) in [5.74, 6) is -5.35. The number of unbranched alkanes of at least 4 members (excludes halogenated alkanes) is 7.